The highest BCUT2D eigenvalue weighted by Gasteiger charge is 2.35. The minimum Gasteiger partial charge on any atom is -0.399 e. The molecule has 2 N–H and O–H groups in total. The standard InChI is InChI=1S/C16H22ClN3O/c1-11-9-19-7-3-2-4-13(19)10-20(11)16(21)14-8-12(18)5-6-15(14)17/h5-6,8,11,13H,2-4,7,9-10,18H2,1H3. The summed E-state index contributed by atoms with van der Waals surface area (Å²) in [5.41, 5.74) is 6.89. The predicted octanol–water partition coefficient (Wildman–Crippen LogP) is 2.62. The van der Waals surface area contributed by atoms with E-state index in [4.69, 9.17) is 17.3 Å². The number of anilines is 1. The number of carbonyl (C=O) groups is 1. The molecule has 0 aliphatic carbocycles. The first-order valence-electron chi connectivity index (χ1n) is 7.66. The zero-order chi connectivity index (χ0) is 15.0. The van der Waals surface area contributed by atoms with Crippen LogP contribution in [0.25, 0.3) is 0 Å². The van der Waals surface area contributed by atoms with Crippen LogP contribution >= 0.6 is 11.6 Å². The monoisotopic (exact) mass is 307 g/mol. The van der Waals surface area contributed by atoms with Gasteiger partial charge in [0.25, 0.3) is 5.91 Å². The summed E-state index contributed by atoms with van der Waals surface area (Å²) in [5, 5.41) is 0.479. The van der Waals surface area contributed by atoms with Gasteiger partial charge in [-0.1, -0.05) is 18.0 Å². The Morgan fingerprint density at radius 1 is 1.33 bits per heavy atom. The van der Waals surface area contributed by atoms with Gasteiger partial charge in [0.2, 0.25) is 0 Å². The number of amides is 1. The minimum atomic E-state index is 0.00465. The maximum absolute atomic E-state index is 12.8. The van der Waals surface area contributed by atoms with Crippen molar-refractivity contribution in [3.8, 4) is 0 Å². The first-order valence-corrected chi connectivity index (χ1v) is 8.04. The molecule has 2 fully saturated rings. The van der Waals surface area contributed by atoms with E-state index < -0.39 is 0 Å². The first-order chi connectivity index (χ1) is 10.1. The molecule has 0 bridgehead atoms. The number of carbonyl (C=O) groups excluding carboxylic acids is 1. The summed E-state index contributed by atoms with van der Waals surface area (Å²) < 4.78 is 0. The molecule has 1 aromatic rings. The molecule has 3 rings (SSSR count). The van der Waals surface area contributed by atoms with Gasteiger partial charge in [-0.05, 0) is 44.5 Å². The number of nitrogens with two attached hydrogens (primary N) is 1. The Balaban J connectivity index is 1.82. The molecule has 2 aliphatic rings. The average molecular weight is 308 g/mol. The molecule has 114 valence electrons. The van der Waals surface area contributed by atoms with Crippen molar-refractivity contribution < 1.29 is 4.79 Å². The molecule has 1 amide bonds. The fourth-order valence-electron chi connectivity index (χ4n) is 3.50. The van der Waals surface area contributed by atoms with Crippen molar-refractivity contribution in [1.29, 1.82) is 0 Å². The number of nitrogens with zero attached hydrogens (tertiary/aromatic N) is 2. The molecule has 1 aromatic carbocycles. The number of fused-ring (bicyclic) bond motifs is 1. The Labute approximate surface area is 130 Å². The van der Waals surface area contributed by atoms with Crippen LogP contribution < -0.4 is 5.73 Å². The summed E-state index contributed by atoms with van der Waals surface area (Å²) in [6.45, 7) is 5.03. The van der Waals surface area contributed by atoms with Gasteiger partial charge in [-0.2, -0.15) is 0 Å². The number of hydrogen-bond acceptors (Lipinski definition) is 3. The predicted molar refractivity (Wildman–Crippen MR) is 85.6 cm³/mol. The van der Waals surface area contributed by atoms with Gasteiger partial charge in [-0.25, -0.2) is 0 Å². The summed E-state index contributed by atoms with van der Waals surface area (Å²) in [4.78, 5) is 17.3. The van der Waals surface area contributed by atoms with E-state index in [1.54, 1.807) is 18.2 Å². The molecule has 21 heavy (non-hydrogen) atoms. The Morgan fingerprint density at radius 2 is 2.14 bits per heavy atom. The normalized spacial score (nSPS) is 26.5. The Hall–Kier alpha value is -1.26. The van der Waals surface area contributed by atoms with Crippen LogP contribution in [0.3, 0.4) is 0 Å². The Bertz CT molecular complexity index is 548. The molecule has 0 radical (unpaired) electrons. The molecule has 5 heteroatoms. The third-order valence-electron chi connectivity index (χ3n) is 4.67. The molecular formula is C16H22ClN3O. The van der Waals surface area contributed by atoms with Gasteiger partial charge in [0.15, 0.2) is 0 Å². The molecule has 4 nitrogen and oxygen atoms in total. The molecule has 2 heterocycles. The van der Waals surface area contributed by atoms with E-state index in [9.17, 15) is 4.79 Å². The summed E-state index contributed by atoms with van der Waals surface area (Å²) in [7, 11) is 0. The maximum atomic E-state index is 12.8. The van der Waals surface area contributed by atoms with Gasteiger partial charge in [0.1, 0.15) is 0 Å². The third kappa shape index (κ3) is 2.87. The minimum absolute atomic E-state index is 0.00465. The van der Waals surface area contributed by atoms with E-state index in [2.05, 4.69) is 11.8 Å². The Morgan fingerprint density at radius 3 is 2.95 bits per heavy atom. The lowest BCUT2D eigenvalue weighted by Gasteiger charge is -2.47. The van der Waals surface area contributed by atoms with Crippen LogP contribution in [0.4, 0.5) is 5.69 Å². The number of benzene rings is 1. The highest BCUT2D eigenvalue weighted by atomic mass is 35.5. The van der Waals surface area contributed by atoms with Crippen molar-refractivity contribution >= 4 is 23.2 Å². The summed E-state index contributed by atoms with van der Waals surface area (Å²) >= 11 is 6.18. The number of piperazine rings is 1. The molecule has 0 aromatic heterocycles. The number of halogens is 1. The zero-order valence-electron chi connectivity index (χ0n) is 12.4. The van der Waals surface area contributed by atoms with Crippen molar-refractivity contribution in [1.82, 2.24) is 9.80 Å². The van der Waals surface area contributed by atoms with E-state index in [0.717, 1.165) is 19.6 Å². The highest BCUT2D eigenvalue weighted by molar-refractivity contribution is 6.34. The van der Waals surface area contributed by atoms with Crippen LogP contribution in [-0.2, 0) is 0 Å². The van der Waals surface area contributed by atoms with E-state index in [1.807, 2.05) is 4.90 Å². The van der Waals surface area contributed by atoms with Crippen LogP contribution in [0.1, 0.15) is 36.5 Å². The number of rotatable bonds is 1. The molecule has 0 spiro atoms. The van der Waals surface area contributed by atoms with Crippen molar-refractivity contribution in [3.05, 3.63) is 28.8 Å². The summed E-state index contributed by atoms with van der Waals surface area (Å²) in [5.74, 6) is 0.00465. The van der Waals surface area contributed by atoms with E-state index in [1.165, 1.54) is 19.3 Å². The summed E-state index contributed by atoms with van der Waals surface area (Å²) in [6.07, 6.45) is 3.72. The second-order valence-electron chi connectivity index (χ2n) is 6.19. The topological polar surface area (TPSA) is 49.6 Å². The fourth-order valence-corrected chi connectivity index (χ4v) is 3.70. The van der Waals surface area contributed by atoms with Gasteiger partial charge < -0.3 is 10.6 Å². The maximum Gasteiger partial charge on any atom is 0.255 e. The molecule has 0 saturated carbocycles. The fraction of sp³-hybridized carbons (Fsp3) is 0.562. The van der Waals surface area contributed by atoms with Crippen molar-refractivity contribution in [2.75, 3.05) is 25.4 Å². The second-order valence-corrected chi connectivity index (χ2v) is 6.60. The van der Waals surface area contributed by atoms with Gasteiger partial charge in [0.05, 0.1) is 10.6 Å². The molecule has 2 saturated heterocycles. The Kier molecular flexibility index (Phi) is 4.09. The molecule has 2 atom stereocenters. The highest BCUT2D eigenvalue weighted by Crippen LogP contribution is 2.27. The van der Waals surface area contributed by atoms with Crippen LogP contribution in [0.2, 0.25) is 5.02 Å². The van der Waals surface area contributed by atoms with Gasteiger partial charge in [-0.15, -0.1) is 0 Å². The van der Waals surface area contributed by atoms with Gasteiger partial charge in [-0.3, -0.25) is 9.69 Å². The van der Waals surface area contributed by atoms with E-state index >= 15 is 0 Å². The quantitative estimate of drug-likeness (QED) is 0.811. The SMILES string of the molecule is CC1CN2CCCCC2CN1C(=O)c1cc(N)ccc1Cl. The van der Waals surface area contributed by atoms with Crippen LogP contribution in [-0.4, -0.2) is 47.4 Å². The zero-order valence-corrected chi connectivity index (χ0v) is 13.1. The van der Waals surface area contributed by atoms with Crippen LogP contribution in [0.5, 0.6) is 0 Å². The number of piperidine rings is 1. The summed E-state index contributed by atoms with van der Waals surface area (Å²) in [6, 6.07) is 5.82. The van der Waals surface area contributed by atoms with Crippen LogP contribution in [0, 0.1) is 0 Å². The largest absolute Gasteiger partial charge is 0.399 e. The molecule has 2 unspecified atom stereocenters. The molecule has 2 aliphatic heterocycles. The van der Waals surface area contributed by atoms with Crippen molar-refractivity contribution in [2.24, 2.45) is 0 Å². The lowest BCUT2D eigenvalue weighted by molar-refractivity contribution is 0.0152. The van der Waals surface area contributed by atoms with E-state index in [-0.39, 0.29) is 11.9 Å². The van der Waals surface area contributed by atoms with Crippen molar-refractivity contribution in [3.63, 3.8) is 0 Å². The van der Waals surface area contributed by atoms with Crippen LogP contribution in [0.15, 0.2) is 18.2 Å². The smallest absolute Gasteiger partial charge is 0.255 e. The number of hydrogen-bond donors (Lipinski definition) is 1. The van der Waals surface area contributed by atoms with Crippen molar-refractivity contribution in [2.45, 2.75) is 38.3 Å². The van der Waals surface area contributed by atoms with Gasteiger partial charge >= 0.3 is 0 Å². The number of nitrogen functional groups attached to an aromatic ring is 1. The lowest BCUT2D eigenvalue weighted by atomic mass is 9.96. The van der Waals surface area contributed by atoms with Gasteiger partial charge in [0, 0.05) is 30.9 Å². The average Bonchev–Trinajstić information content (AvgIpc) is 2.48. The van der Waals surface area contributed by atoms with E-state index in [0.29, 0.717) is 22.3 Å². The molecular weight excluding hydrogens is 286 g/mol. The second kappa shape index (κ2) is 5.85. The first kappa shape index (κ1) is 14.7. The lowest BCUT2D eigenvalue weighted by Crippen LogP contribution is -2.60. The third-order valence-corrected chi connectivity index (χ3v) is 5.00.